The molecule has 0 aliphatic carbocycles. The van der Waals surface area contributed by atoms with Crippen LogP contribution in [0.5, 0.6) is 11.5 Å². The summed E-state index contributed by atoms with van der Waals surface area (Å²) in [6.45, 7) is 3.68. The fraction of sp³-hybridized carbons (Fsp3) is 0.409. The summed E-state index contributed by atoms with van der Waals surface area (Å²) >= 11 is 0. The third-order valence-electron chi connectivity index (χ3n) is 5.63. The molecule has 1 fully saturated rings. The van der Waals surface area contributed by atoms with Crippen molar-refractivity contribution in [2.45, 2.75) is 30.7 Å². The van der Waals surface area contributed by atoms with Gasteiger partial charge in [-0.2, -0.15) is 0 Å². The van der Waals surface area contributed by atoms with Crippen LogP contribution in [0.25, 0.3) is 11.0 Å². The van der Waals surface area contributed by atoms with Gasteiger partial charge in [0, 0.05) is 19.2 Å². The van der Waals surface area contributed by atoms with Crippen LogP contribution in [0.1, 0.15) is 19.3 Å². The molecule has 3 aromatic rings. The second-order valence-electron chi connectivity index (χ2n) is 7.60. The van der Waals surface area contributed by atoms with E-state index in [0.717, 1.165) is 30.7 Å². The minimum Gasteiger partial charge on any atom is -0.493 e. The first-order chi connectivity index (χ1) is 15.0. The van der Waals surface area contributed by atoms with Gasteiger partial charge in [-0.05, 0) is 50.2 Å². The zero-order chi connectivity index (χ0) is 21.8. The first-order valence-corrected chi connectivity index (χ1v) is 11.9. The number of hydrogen-bond donors (Lipinski definition) is 1. The summed E-state index contributed by atoms with van der Waals surface area (Å²) in [5.41, 5.74) is 1.66. The second kappa shape index (κ2) is 9.15. The lowest BCUT2D eigenvalue weighted by Crippen LogP contribution is -2.32. The number of ether oxygens (including phenoxy) is 2. The first kappa shape index (κ1) is 21.5. The SMILES string of the molecule is COc1ccc(S(=O)(=O)Nc2nc3ccccc3n2CCN2CCCCC2)cc1OC. The number of fused-ring (bicyclic) bond motifs is 1. The van der Waals surface area contributed by atoms with Crippen LogP contribution in [0.4, 0.5) is 5.95 Å². The number of imidazole rings is 1. The molecule has 2 heterocycles. The molecular weight excluding hydrogens is 416 g/mol. The van der Waals surface area contributed by atoms with Gasteiger partial charge in [-0.25, -0.2) is 18.1 Å². The first-order valence-electron chi connectivity index (χ1n) is 10.4. The maximum atomic E-state index is 13.1. The van der Waals surface area contributed by atoms with Crippen LogP contribution in [0.15, 0.2) is 47.4 Å². The maximum Gasteiger partial charge on any atom is 0.264 e. The van der Waals surface area contributed by atoms with Crippen molar-refractivity contribution in [3.63, 3.8) is 0 Å². The summed E-state index contributed by atoms with van der Waals surface area (Å²) < 4.78 is 41.4. The van der Waals surface area contributed by atoms with E-state index in [1.54, 1.807) is 6.07 Å². The summed E-state index contributed by atoms with van der Waals surface area (Å²) in [5.74, 6) is 1.13. The molecule has 1 aromatic heterocycles. The molecule has 9 heteroatoms. The van der Waals surface area contributed by atoms with Crippen LogP contribution in [0.2, 0.25) is 0 Å². The van der Waals surface area contributed by atoms with E-state index in [1.807, 2.05) is 28.8 Å². The Kier molecular flexibility index (Phi) is 6.33. The Balaban J connectivity index is 1.64. The van der Waals surface area contributed by atoms with Crippen molar-refractivity contribution in [2.75, 3.05) is 38.6 Å². The van der Waals surface area contributed by atoms with Crippen LogP contribution >= 0.6 is 0 Å². The minimum absolute atomic E-state index is 0.0831. The Labute approximate surface area is 182 Å². The molecule has 0 saturated carbocycles. The van der Waals surface area contributed by atoms with E-state index in [-0.39, 0.29) is 4.90 Å². The molecule has 0 unspecified atom stereocenters. The molecule has 0 radical (unpaired) electrons. The highest BCUT2D eigenvalue weighted by Gasteiger charge is 2.21. The van der Waals surface area contributed by atoms with Crippen molar-refractivity contribution >= 4 is 27.0 Å². The predicted molar refractivity (Wildman–Crippen MR) is 120 cm³/mol. The molecule has 8 nitrogen and oxygen atoms in total. The molecule has 2 aromatic carbocycles. The highest BCUT2D eigenvalue weighted by Crippen LogP contribution is 2.30. The molecule has 0 amide bonds. The van der Waals surface area contributed by atoms with Crippen molar-refractivity contribution in [3.05, 3.63) is 42.5 Å². The van der Waals surface area contributed by atoms with Crippen molar-refractivity contribution in [3.8, 4) is 11.5 Å². The van der Waals surface area contributed by atoms with Crippen LogP contribution in [-0.4, -0.2) is 56.7 Å². The predicted octanol–water partition coefficient (Wildman–Crippen LogP) is 3.34. The van der Waals surface area contributed by atoms with Gasteiger partial charge in [0.05, 0.1) is 30.1 Å². The van der Waals surface area contributed by atoms with Gasteiger partial charge >= 0.3 is 0 Å². The molecule has 31 heavy (non-hydrogen) atoms. The third-order valence-corrected chi connectivity index (χ3v) is 6.96. The van der Waals surface area contributed by atoms with Gasteiger partial charge in [0.1, 0.15) is 0 Å². The van der Waals surface area contributed by atoms with Gasteiger partial charge in [-0.1, -0.05) is 18.6 Å². The molecule has 166 valence electrons. The van der Waals surface area contributed by atoms with Gasteiger partial charge in [0.25, 0.3) is 10.0 Å². The Morgan fingerprint density at radius 2 is 1.71 bits per heavy atom. The van der Waals surface area contributed by atoms with Crippen LogP contribution in [0, 0.1) is 0 Å². The Morgan fingerprint density at radius 3 is 2.45 bits per heavy atom. The standard InChI is InChI=1S/C22H28N4O4S/c1-29-20-11-10-17(16-21(20)30-2)31(27,28)24-22-23-18-8-4-5-9-19(18)26(22)15-14-25-12-6-3-7-13-25/h4-5,8-11,16H,3,6-7,12-15H2,1-2H3,(H,23,24). The van der Waals surface area contributed by atoms with Crippen LogP contribution in [0.3, 0.4) is 0 Å². The molecule has 1 saturated heterocycles. The zero-order valence-electron chi connectivity index (χ0n) is 17.9. The summed E-state index contributed by atoms with van der Waals surface area (Å²) in [6.07, 6.45) is 3.70. The second-order valence-corrected chi connectivity index (χ2v) is 9.28. The molecular formula is C22H28N4O4S. The largest absolute Gasteiger partial charge is 0.493 e. The van der Waals surface area contributed by atoms with E-state index in [9.17, 15) is 8.42 Å². The van der Waals surface area contributed by atoms with Gasteiger partial charge < -0.3 is 18.9 Å². The number of nitrogens with one attached hydrogen (secondary N) is 1. The third kappa shape index (κ3) is 4.62. The smallest absolute Gasteiger partial charge is 0.264 e. The number of aromatic nitrogens is 2. The zero-order valence-corrected chi connectivity index (χ0v) is 18.7. The Bertz CT molecular complexity index is 1150. The topological polar surface area (TPSA) is 85.7 Å². The molecule has 1 aliphatic rings. The lowest BCUT2D eigenvalue weighted by atomic mass is 10.1. The van der Waals surface area contributed by atoms with Crippen molar-refractivity contribution in [1.82, 2.24) is 14.5 Å². The van der Waals surface area contributed by atoms with Gasteiger partial charge in [0.2, 0.25) is 5.95 Å². The number of rotatable bonds is 8. The number of likely N-dealkylation sites (tertiary alicyclic amines) is 1. The van der Waals surface area contributed by atoms with Gasteiger partial charge in [0.15, 0.2) is 11.5 Å². The van der Waals surface area contributed by atoms with E-state index >= 15 is 0 Å². The molecule has 0 bridgehead atoms. The minimum atomic E-state index is -3.87. The Morgan fingerprint density at radius 1 is 0.968 bits per heavy atom. The van der Waals surface area contributed by atoms with E-state index < -0.39 is 10.0 Å². The summed E-state index contributed by atoms with van der Waals surface area (Å²) in [6, 6.07) is 12.2. The number of anilines is 1. The van der Waals surface area contributed by atoms with E-state index in [0.29, 0.717) is 24.0 Å². The summed E-state index contributed by atoms with van der Waals surface area (Å²) in [4.78, 5) is 7.07. The molecule has 1 aliphatic heterocycles. The lowest BCUT2D eigenvalue weighted by molar-refractivity contribution is 0.222. The van der Waals surface area contributed by atoms with Crippen molar-refractivity contribution in [1.29, 1.82) is 0 Å². The van der Waals surface area contributed by atoms with Crippen molar-refractivity contribution in [2.24, 2.45) is 0 Å². The number of methoxy groups -OCH3 is 2. The van der Waals surface area contributed by atoms with Crippen LogP contribution in [-0.2, 0) is 16.6 Å². The van der Waals surface area contributed by atoms with Gasteiger partial charge in [-0.3, -0.25) is 0 Å². The monoisotopic (exact) mass is 444 g/mol. The summed E-state index contributed by atoms with van der Waals surface area (Å²) in [5, 5.41) is 0. The number of benzene rings is 2. The molecule has 0 atom stereocenters. The molecule has 0 spiro atoms. The fourth-order valence-corrected chi connectivity index (χ4v) is 4.99. The van der Waals surface area contributed by atoms with E-state index in [2.05, 4.69) is 14.6 Å². The maximum absolute atomic E-state index is 13.1. The lowest BCUT2D eigenvalue weighted by Gasteiger charge is -2.26. The number of piperidine rings is 1. The number of hydrogen-bond acceptors (Lipinski definition) is 6. The van der Waals surface area contributed by atoms with E-state index in [4.69, 9.17) is 9.47 Å². The van der Waals surface area contributed by atoms with Crippen molar-refractivity contribution < 1.29 is 17.9 Å². The highest BCUT2D eigenvalue weighted by molar-refractivity contribution is 7.92. The van der Waals surface area contributed by atoms with Gasteiger partial charge in [-0.15, -0.1) is 0 Å². The quantitative estimate of drug-likeness (QED) is 0.574. The number of sulfonamides is 1. The Hall–Kier alpha value is -2.78. The molecule has 1 N–H and O–H groups in total. The highest BCUT2D eigenvalue weighted by atomic mass is 32.2. The van der Waals surface area contributed by atoms with Crippen LogP contribution < -0.4 is 14.2 Å². The summed E-state index contributed by atoms with van der Waals surface area (Å²) in [7, 11) is -0.884. The number of nitrogens with zero attached hydrogens (tertiary/aromatic N) is 3. The number of para-hydroxylation sites is 2. The normalized spacial score (nSPS) is 15.2. The fourth-order valence-electron chi connectivity index (χ4n) is 3.97. The van der Waals surface area contributed by atoms with E-state index in [1.165, 1.54) is 45.6 Å². The average Bonchev–Trinajstić information content (AvgIpc) is 3.14. The molecule has 4 rings (SSSR count). The average molecular weight is 445 g/mol.